The predicted molar refractivity (Wildman–Crippen MR) is 82.3 cm³/mol. The molecule has 1 saturated heterocycles. The molecule has 1 aromatic heterocycles. The fourth-order valence-electron chi connectivity index (χ4n) is 2.44. The van der Waals surface area contributed by atoms with Crippen molar-refractivity contribution in [1.29, 1.82) is 0 Å². The first-order valence-corrected chi connectivity index (χ1v) is 8.21. The lowest BCUT2D eigenvalue weighted by Crippen LogP contribution is -2.35. The summed E-state index contributed by atoms with van der Waals surface area (Å²) in [7, 11) is 4.15. The summed E-state index contributed by atoms with van der Waals surface area (Å²) in [4.78, 5) is 16.6. The SMILES string of the molecule is CC1CN(C(=O)c2cc(Br)sc2Br)CC1N(C)C. The van der Waals surface area contributed by atoms with E-state index in [-0.39, 0.29) is 5.91 Å². The molecule has 2 atom stereocenters. The highest BCUT2D eigenvalue weighted by atomic mass is 79.9. The molecular weight excluding hydrogens is 380 g/mol. The number of rotatable bonds is 2. The number of likely N-dealkylation sites (tertiary alicyclic amines) is 1. The second-order valence-electron chi connectivity index (χ2n) is 4.96. The number of amides is 1. The number of hydrogen-bond donors (Lipinski definition) is 0. The Morgan fingerprint density at radius 1 is 1.44 bits per heavy atom. The van der Waals surface area contributed by atoms with Crippen LogP contribution in [0, 0.1) is 5.92 Å². The molecule has 2 heterocycles. The number of nitrogens with zero attached hydrogens (tertiary/aromatic N) is 2. The van der Waals surface area contributed by atoms with Crippen LogP contribution in [-0.4, -0.2) is 48.9 Å². The van der Waals surface area contributed by atoms with E-state index in [1.54, 1.807) is 0 Å². The lowest BCUT2D eigenvalue weighted by molar-refractivity contribution is 0.0781. The standard InChI is InChI=1S/C12H16Br2N2OS/c1-7-5-16(6-9(7)15(2)3)12(17)8-4-10(13)18-11(8)14/h4,7,9H,5-6H2,1-3H3. The van der Waals surface area contributed by atoms with Crippen LogP contribution in [0.1, 0.15) is 17.3 Å². The van der Waals surface area contributed by atoms with Crippen molar-refractivity contribution in [3.63, 3.8) is 0 Å². The smallest absolute Gasteiger partial charge is 0.255 e. The van der Waals surface area contributed by atoms with Gasteiger partial charge in [-0.1, -0.05) is 6.92 Å². The largest absolute Gasteiger partial charge is 0.337 e. The molecular formula is C12H16Br2N2OS. The van der Waals surface area contributed by atoms with E-state index in [2.05, 4.69) is 57.8 Å². The van der Waals surface area contributed by atoms with E-state index < -0.39 is 0 Å². The Morgan fingerprint density at radius 3 is 2.56 bits per heavy atom. The molecule has 0 radical (unpaired) electrons. The maximum atomic E-state index is 12.5. The summed E-state index contributed by atoms with van der Waals surface area (Å²) in [5.41, 5.74) is 0.762. The van der Waals surface area contributed by atoms with Gasteiger partial charge in [0.05, 0.1) is 13.1 Å². The highest BCUT2D eigenvalue weighted by Crippen LogP contribution is 2.33. The second kappa shape index (κ2) is 5.61. The summed E-state index contributed by atoms with van der Waals surface area (Å²) in [6.45, 7) is 3.85. The Bertz CT molecular complexity index is 461. The summed E-state index contributed by atoms with van der Waals surface area (Å²) in [5.74, 6) is 0.643. The maximum absolute atomic E-state index is 12.5. The summed E-state index contributed by atoms with van der Waals surface area (Å²) in [5, 5.41) is 0. The van der Waals surface area contributed by atoms with E-state index in [9.17, 15) is 4.79 Å². The molecule has 0 bridgehead atoms. The van der Waals surface area contributed by atoms with Gasteiger partial charge < -0.3 is 9.80 Å². The van der Waals surface area contributed by atoms with E-state index in [1.165, 1.54) is 11.3 Å². The molecule has 0 spiro atoms. The Balaban J connectivity index is 2.14. The zero-order valence-corrected chi connectivity index (χ0v) is 14.6. The van der Waals surface area contributed by atoms with E-state index >= 15 is 0 Å². The van der Waals surface area contributed by atoms with Crippen LogP contribution in [0.3, 0.4) is 0 Å². The maximum Gasteiger partial charge on any atom is 0.255 e. The van der Waals surface area contributed by atoms with Gasteiger partial charge in [0.25, 0.3) is 5.91 Å². The van der Waals surface area contributed by atoms with E-state index in [0.717, 1.165) is 26.2 Å². The molecule has 0 aliphatic carbocycles. The molecule has 100 valence electrons. The molecule has 0 saturated carbocycles. The van der Waals surface area contributed by atoms with Gasteiger partial charge in [-0.05, 0) is 57.9 Å². The van der Waals surface area contributed by atoms with Crippen molar-refractivity contribution in [2.24, 2.45) is 5.92 Å². The third kappa shape index (κ3) is 2.81. The van der Waals surface area contributed by atoms with Crippen LogP contribution in [0.4, 0.5) is 0 Å². The van der Waals surface area contributed by atoms with Crippen LogP contribution < -0.4 is 0 Å². The Kier molecular flexibility index (Phi) is 4.52. The molecule has 3 nitrogen and oxygen atoms in total. The lowest BCUT2D eigenvalue weighted by atomic mass is 10.1. The number of hydrogen-bond acceptors (Lipinski definition) is 3. The molecule has 1 fully saturated rings. The average Bonchev–Trinajstić information content (AvgIpc) is 2.81. The van der Waals surface area contributed by atoms with E-state index in [1.807, 2.05) is 11.0 Å². The second-order valence-corrected chi connectivity index (χ2v) is 8.71. The summed E-state index contributed by atoms with van der Waals surface area (Å²) >= 11 is 8.41. The van der Waals surface area contributed by atoms with Crippen LogP contribution in [0.15, 0.2) is 13.6 Å². The van der Waals surface area contributed by atoms with Gasteiger partial charge in [0.15, 0.2) is 0 Å². The van der Waals surface area contributed by atoms with Gasteiger partial charge in [-0.3, -0.25) is 4.79 Å². The van der Waals surface area contributed by atoms with Crippen molar-refractivity contribution in [3.8, 4) is 0 Å². The van der Waals surface area contributed by atoms with Gasteiger partial charge >= 0.3 is 0 Å². The predicted octanol–water partition coefficient (Wildman–Crippen LogP) is 3.30. The number of thiophene rings is 1. The first-order valence-electron chi connectivity index (χ1n) is 5.80. The van der Waals surface area contributed by atoms with Gasteiger partial charge in [-0.15, -0.1) is 11.3 Å². The van der Waals surface area contributed by atoms with Crippen LogP contribution >= 0.6 is 43.2 Å². The third-order valence-electron chi connectivity index (χ3n) is 3.41. The van der Waals surface area contributed by atoms with E-state index in [0.29, 0.717) is 12.0 Å². The number of carbonyl (C=O) groups excluding carboxylic acids is 1. The van der Waals surface area contributed by atoms with Crippen LogP contribution in [0.5, 0.6) is 0 Å². The molecule has 2 unspecified atom stereocenters. The van der Waals surface area contributed by atoms with Crippen molar-refractivity contribution in [1.82, 2.24) is 9.80 Å². The van der Waals surface area contributed by atoms with Crippen LogP contribution in [0.2, 0.25) is 0 Å². The molecule has 18 heavy (non-hydrogen) atoms. The van der Waals surface area contributed by atoms with Crippen molar-refractivity contribution in [2.45, 2.75) is 13.0 Å². The Hall–Kier alpha value is 0.0900. The van der Waals surface area contributed by atoms with Crippen molar-refractivity contribution < 1.29 is 4.79 Å². The van der Waals surface area contributed by atoms with Gasteiger partial charge in [0.1, 0.15) is 0 Å². The minimum Gasteiger partial charge on any atom is -0.337 e. The lowest BCUT2D eigenvalue weighted by Gasteiger charge is -2.22. The van der Waals surface area contributed by atoms with Crippen molar-refractivity contribution >= 4 is 49.1 Å². The molecule has 1 aromatic rings. The molecule has 1 aliphatic rings. The van der Waals surface area contributed by atoms with Gasteiger partial charge in [-0.2, -0.15) is 0 Å². The normalized spacial score (nSPS) is 24.0. The quantitative estimate of drug-likeness (QED) is 0.766. The fourth-order valence-corrected chi connectivity index (χ4v) is 5.22. The average molecular weight is 396 g/mol. The monoisotopic (exact) mass is 394 g/mol. The summed E-state index contributed by atoms with van der Waals surface area (Å²) in [6, 6.07) is 2.35. The van der Waals surface area contributed by atoms with Gasteiger partial charge in [0, 0.05) is 19.1 Å². The Morgan fingerprint density at radius 2 is 2.11 bits per heavy atom. The summed E-state index contributed by atoms with van der Waals surface area (Å²) in [6.07, 6.45) is 0. The summed E-state index contributed by atoms with van der Waals surface area (Å²) < 4.78 is 1.88. The van der Waals surface area contributed by atoms with Crippen LogP contribution in [-0.2, 0) is 0 Å². The van der Waals surface area contributed by atoms with Crippen molar-refractivity contribution in [3.05, 3.63) is 19.2 Å². The highest BCUT2D eigenvalue weighted by molar-refractivity contribution is 9.12. The molecule has 6 heteroatoms. The third-order valence-corrected chi connectivity index (χ3v) is 5.75. The molecule has 2 rings (SSSR count). The molecule has 1 aliphatic heterocycles. The first kappa shape index (κ1) is 14.5. The molecule has 0 aromatic carbocycles. The fraction of sp³-hybridized carbons (Fsp3) is 0.583. The van der Waals surface area contributed by atoms with E-state index in [4.69, 9.17) is 0 Å². The number of carbonyl (C=O) groups is 1. The highest BCUT2D eigenvalue weighted by Gasteiger charge is 2.34. The van der Waals surface area contributed by atoms with Gasteiger partial charge in [0.2, 0.25) is 0 Å². The van der Waals surface area contributed by atoms with Gasteiger partial charge in [-0.25, -0.2) is 0 Å². The zero-order chi connectivity index (χ0) is 13.4. The van der Waals surface area contributed by atoms with Crippen molar-refractivity contribution in [2.75, 3.05) is 27.2 Å². The minimum absolute atomic E-state index is 0.125. The minimum atomic E-state index is 0.125. The number of likely N-dealkylation sites (N-methyl/N-ethyl adjacent to an activating group) is 1. The zero-order valence-electron chi connectivity index (χ0n) is 10.6. The molecule has 0 N–H and O–H groups in total. The number of halogens is 2. The molecule has 1 amide bonds. The first-order chi connectivity index (χ1) is 8.40. The topological polar surface area (TPSA) is 23.6 Å². The Labute approximate surface area is 128 Å². The van der Waals surface area contributed by atoms with Crippen LogP contribution in [0.25, 0.3) is 0 Å².